The third-order valence-electron chi connectivity index (χ3n) is 2.29. The summed E-state index contributed by atoms with van der Waals surface area (Å²) in [6.45, 7) is 5.04. The van der Waals surface area contributed by atoms with E-state index in [1.807, 2.05) is 19.2 Å². The van der Waals surface area contributed by atoms with Crippen molar-refractivity contribution < 1.29 is 4.74 Å². The molecule has 1 aromatic rings. The van der Waals surface area contributed by atoms with Crippen molar-refractivity contribution in [2.24, 2.45) is 0 Å². The summed E-state index contributed by atoms with van der Waals surface area (Å²) in [6.07, 6.45) is 1.05. The highest BCUT2D eigenvalue weighted by Crippen LogP contribution is 2.17. The van der Waals surface area contributed by atoms with Crippen LogP contribution in [-0.2, 0) is 0 Å². The predicted octanol–water partition coefficient (Wildman–Crippen LogP) is 2.76. The largest absolute Gasteiger partial charge is 0.494 e. The molecule has 0 amide bonds. The van der Waals surface area contributed by atoms with Gasteiger partial charge in [-0.1, -0.05) is 19.1 Å². The van der Waals surface area contributed by atoms with E-state index in [2.05, 4.69) is 31.3 Å². The van der Waals surface area contributed by atoms with Gasteiger partial charge in [-0.25, -0.2) is 0 Å². The first kappa shape index (κ1) is 11.1. The average molecular weight is 193 g/mol. The van der Waals surface area contributed by atoms with E-state index in [0.29, 0.717) is 6.04 Å². The van der Waals surface area contributed by atoms with E-state index < -0.39 is 0 Å². The Morgan fingerprint density at radius 1 is 1.29 bits per heavy atom. The summed E-state index contributed by atoms with van der Waals surface area (Å²) in [6, 6.07) is 8.66. The van der Waals surface area contributed by atoms with E-state index >= 15 is 0 Å². The second-order valence-corrected chi connectivity index (χ2v) is 3.43. The molecular formula is C12H19NO. The zero-order valence-electron chi connectivity index (χ0n) is 9.21. The SMILES string of the molecule is CCCOc1ccc([C@@H](C)NC)cc1. The molecule has 0 unspecified atom stereocenters. The lowest BCUT2D eigenvalue weighted by Gasteiger charge is -2.11. The van der Waals surface area contributed by atoms with Crippen LogP contribution in [0.3, 0.4) is 0 Å². The van der Waals surface area contributed by atoms with Crippen LogP contribution in [0.1, 0.15) is 31.9 Å². The lowest BCUT2D eigenvalue weighted by Crippen LogP contribution is -2.11. The van der Waals surface area contributed by atoms with Gasteiger partial charge in [-0.3, -0.25) is 0 Å². The quantitative estimate of drug-likeness (QED) is 0.776. The summed E-state index contributed by atoms with van der Waals surface area (Å²) >= 11 is 0. The number of hydrogen-bond acceptors (Lipinski definition) is 2. The average Bonchev–Trinajstić information content (AvgIpc) is 2.26. The summed E-state index contributed by atoms with van der Waals surface area (Å²) in [5.41, 5.74) is 1.29. The molecule has 78 valence electrons. The van der Waals surface area contributed by atoms with Crippen LogP contribution < -0.4 is 10.1 Å². The van der Waals surface area contributed by atoms with Crippen LogP contribution in [0.2, 0.25) is 0 Å². The molecule has 0 aliphatic rings. The van der Waals surface area contributed by atoms with E-state index in [-0.39, 0.29) is 0 Å². The smallest absolute Gasteiger partial charge is 0.119 e. The molecule has 0 aliphatic carbocycles. The minimum atomic E-state index is 0.398. The lowest BCUT2D eigenvalue weighted by molar-refractivity contribution is 0.317. The van der Waals surface area contributed by atoms with Crippen molar-refractivity contribution in [2.45, 2.75) is 26.3 Å². The molecule has 2 nitrogen and oxygen atoms in total. The van der Waals surface area contributed by atoms with Crippen molar-refractivity contribution in [3.8, 4) is 5.75 Å². The van der Waals surface area contributed by atoms with Crippen molar-refractivity contribution >= 4 is 0 Å². The number of hydrogen-bond donors (Lipinski definition) is 1. The van der Waals surface area contributed by atoms with Gasteiger partial charge in [0.25, 0.3) is 0 Å². The van der Waals surface area contributed by atoms with Gasteiger partial charge in [-0.15, -0.1) is 0 Å². The predicted molar refractivity (Wildman–Crippen MR) is 59.7 cm³/mol. The maximum Gasteiger partial charge on any atom is 0.119 e. The molecular weight excluding hydrogens is 174 g/mol. The third kappa shape index (κ3) is 3.04. The van der Waals surface area contributed by atoms with Crippen LogP contribution in [0.25, 0.3) is 0 Å². The molecule has 0 saturated heterocycles. The standard InChI is InChI=1S/C12H19NO/c1-4-9-14-12-7-5-11(6-8-12)10(2)13-3/h5-8,10,13H,4,9H2,1-3H3/t10-/m1/s1. The fourth-order valence-electron chi connectivity index (χ4n) is 1.24. The van der Waals surface area contributed by atoms with Gasteiger partial charge in [0, 0.05) is 6.04 Å². The molecule has 0 heterocycles. The molecule has 1 N–H and O–H groups in total. The Bertz CT molecular complexity index is 256. The Labute approximate surface area is 86.3 Å². The van der Waals surface area contributed by atoms with Crippen molar-refractivity contribution in [3.63, 3.8) is 0 Å². The zero-order valence-corrected chi connectivity index (χ0v) is 9.21. The topological polar surface area (TPSA) is 21.3 Å². The minimum Gasteiger partial charge on any atom is -0.494 e. The highest BCUT2D eigenvalue weighted by atomic mass is 16.5. The van der Waals surface area contributed by atoms with Gasteiger partial charge in [-0.05, 0) is 38.1 Å². The number of nitrogens with one attached hydrogen (secondary N) is 1. The highest BCUT2D eigenvalue weighted by molar-refractivity contribution is 5.28. The van der Waals surface area contributed by atoms with E-state index in [9.17, 15) is 0 Å². The van der Waals surface area contributed by atoms with Crippen molar-refractivity contribution in [1.82, 2.24) is 5.32 Å². The van der Waals surface area contributed by atoms with E-state index in [0.717, 1.165) is 18.8 Å². The molecule has 1 atom stereocenters. The van der Waals surface area contributed by atoms with Gasteiger partial charge in [0.1, 0.15) is 5.75 Å². The maximum absolute atomic E-state index is 5.50. The Morgan fingerprint density at radius 3 is 2.43 bits per heavy atom. The molecule has 0 aliphatic heterocycles. The van der Waals surface area contributed by atoms with Crippen LogP contribution in [-0.4, -0.2) is 13.7 Å². The maximum atomic E-state index is 5.50. The molecule has 0 saturated carbocycles. The van der Waals surface area contributed by atoms with Crippen molar-refractivity contribution in [3.05, 3.63) is 29.8 Å². The van der Waals surface area contributed by atoms with Crippen LogP contribution >= 0.6 is 0 Å². The number of benzene rings is 1. The molecule has 0 bridgehead atoms. The third-order valence-corrected chi connectivity index (χ3v) is 2.29. The molecule has 1 aromatic carbocycles. The Balaban J connectivity index is 2.59. The van der Waals surface area contributed by atoms with Gasteiger partial charge in [0.2, 0.25) is 0 Å². The molecule has 14 heavy (non-hydrogen) atoms. The summed E-state index contributed by atoms with van der Waals surface area (Å²) in [5, 5.41) is 3.20. The summed E-state index contributed by atoms with van der Waals surface area (Å²) < 4.78 is 5.50. The van der Waals surface area contributed by atoms with Crippen LogP contribution in [0, 0.1) is 0 Å². The zero-order chi connectivity index (χ0) is 10.4. The van der Waals surface area contributed by atoms with Gasteiger partial charge < -0.3 is 10.1 Å². The lowest BCUT2D eigenvalue weighted by atomic mass is 10.1. The number of ether oxygens (including phenoxy) is 1. The van der Waals surface area contributed by atoms with E-state index in [4.69, 9.17) is 4.74 Å². The second kappa shape index (κ2) is 5.66. The van der Waals surface area contributed by atoms with Crippen molar-refractivity contribution in [2.75, 3.05) is 13.7 Å². The van der Waals surface area contributed by atoms with Crippen LogP contribution in [0.15, 0.2) is 24.3 Å². The molecule has 0 spiro atoms. The molecule has 0 fully saturated rings. The van der Waals surface area contributed by atoms with Crippen LogP contribution in [0.4, 0.5) is 0 Å². The fourth-order valence-corrected chi connectivity index (χ4v) is 1.24. The molecule has 0 radical (unpaired) electrons. The van der Waals surface area contributed by atoms with E-state index in [1.54, 1.807) is 0 Å². The molecule has 2 heteroatoms. The second-order valence-electron chi connectivity index (χ2n) is 3.43. The van der Waals surface area contributed by atoms with Gasteiger partial charge >= 0.3 is 0 Å². The summed E-state index contributed by atoms with van der Waals surface area (Å²) in [5.74, 6) is 0.957. The summed E-state index contributed by atoms with van der Waals surface area (Å²) in [4.78, 5) is 0. The van der Waals surface area contributed by atoms with Gasteiger partial charge in [0.05, 0.1) is 6.61 Å². The molecule has 0 aromatic heterocycles. The Morgan fingerprint density at radius 2 is 1.93 bits per heavy atom. The monoisotopic (exact) mass is 193 g/mol. The van der Waals surface area contributed by atoms with Crippen LogP contribution in [0.5, 0.6) is 5.75 Å². The fraction of sp³-hybridized carbons (Fsp3) is 0.500. The first-order valence-electron chi connectivity index (χ1n) is 5.18. The normalized spacial score (nSPS) is 12.5. The Hall–Kier alpha value is -1.02. The van der Waals surface area contributed by atoms with Gasteiger partial charge in [-0.2, -0.15) is 0 Å². The van der Waals surface area contributed by atoms with E-state index in [1.165, 1.54) is 5.56 Å². The first-order chi connectivity index (χ1) is 6.77. The highest BCUT2D eigenvalue weighted by Gasteiger charge is 2.01. The van der Waals surface area contributed by atoms with Gasteiger partial charge in [0.15, 0.2) is 0 Å². The minimum absolute atomic E-state index is 0.398. The Kier molecular flexibility index (Phi) is 4.47. The summed E-state index contributed by atoms with van der Waals surface area (Å²) in [7, 11) is 1.96. The molecule has 1 rings (SSSR count). The van der Waals surface area contributed by atoms with Crippen molar-refractivity contribution in [1.29, 1.82) is 0 Å². The number of rotatable bonds is 5. The first-order valence-corrected chi connectivity index (χ1v) is 5.18.